The van der Waals surface area contributed by atoms with Crippen LogP contribution in [0.25, 0.3) is 0 Å². The summed E-state index contributed by atoms with van der Waals surface area (Å²) in [6.45, 7) is 2.24. The molecule has 0 aliphatic carbocycles. The lowest BCUT2D eigenvalue weighted by Gasteiger charge is -2.32. The number of hydrogen-bond donors (Lipinski definition) is 0. The first-order valence-corrected chi connectivity index (χ1v) is 9.87. The smallest absolute Gasteiger partial charge is 0.161 e. The predicted octanol–water partition coefficient (Wildman–Crippen LogP) is 4.08. The molecule has 4 rings (SSSR count). The third kappa shape index (κ3) is 2.82. The van der Waals surface area contributed by atoms with Crippen LogP contribution in [0.15, 0.2) is 47.6 Å². The van der Waals surface area contributed by atoms with Gasteiger partial charge in [0.1, 0.15) is 6.04 Å². The van der Waals surface area contributed by atoms with Crippen molar-refractivity contribution in [1.82, 2.24) is 9.88 Å². The minimum absolute atomic E-state index is 0.00819. The van der Waals surface area contributed by atoms with Crippen LogP contribution >= 0.6 is 11.8 Å². The SMILES string of the molecule is CC[C@@H]1CSC2=N[C@H](c3ccccn3)[C@@H](c3ccc(OC)c(OC)c3)N21. The lowest BCUT2D eigenvalue weighted by atomic mass is 9.95. The summed E-state index contributed by atoms with van der Waals surface area (Å²) in [5.74, 6) is 2.58. The average molecular weight is 369 g/mol. The van der Waals surface area contributed by atoms with Crippen LogP contribution < -0.4 is 9.47 Å². The minimum atomic E-state index is -0.00819. The van der Waals surface area contributed by atoms with Gasteiger partial charge in [-0.15, -0.1) is 0 Å². The van der Waals surface area contributed by atoms with Crippen LogP contribution in [0.1, 0.15) is 36.7 Å². The molecule has 0 spiro atoms. The number of fused-ring (bicyclic) bond motifs is 1. The molecule has 0 bridgehead atoms. The standard InChI is InChI=1S/C20H23N3O2S/c1-4-14-12-26-20-22-18(15-7-5-6-10-21-15)19(23(14)20)13-8-9-16(24-2)17(11-13)25-3/h5-11,14,18-19H,4,12H2,1-3H3/t14-,18-,19-/m1/s1. The van der Waals surface area contributed by atoms with E-state index >= 15 is 0 Å². The number of aromatic nitrogens is 1. The molecule has 0 radical (unpaired) electrons. The van der Waals surface area contributed by atoms with E-state index in [1.807, 2.05) is 36.2 Å². The zero-order chi connectivity index (χ0) is 18.1. The van der Waals surface area contributed by atoms with Gasteiger partial charge in [0.15, 0.2) is 16.7 Å². The van der Waals surface area contributed by atoms with Crippen LogP contribution in [0, 0.1) is 0 Å². The largest absolute Gasteiger partial charge is 0.493 e. The fourth-order valence-electron chi connectivity index (χ4n) is 3.75. The van der Waals surface area contributed by atoms with Crippen LogP contribution in [0.5, 0.6) is 11.5 Å². The van der Waals surface area contributed by atoms with Gasteiger partial charge in [-0.2, -0.15) is 0 Å². The van der Waals surface area contributed by atoms with Crippen LogP contribution in [0.3, 0.4) is 0 Å². The van der Waals surface area contributed by atoms with E-state index in [0.29, 0.717) is 6.04 Å². The summed E-state index contributed by atoms with van der Waals surface area (Å²) in [6, 6.07) is 12.8. The highest BCUT2D eigenvalue weighted by atomic mass is 32.2. The molecule has 1 aromatic heterocycles. The van der Waals surface area contributed by atoms with Gasteiger partial charge in [-0.1, -0.05) is 30.8 Å². The van der Waals surface area contributed by atoms with Crippen molar-refractivity contribution in [3.8, 4) is 11.5 Å². The zero-order valence-electron chi connectivity index (χ0n) is 15.3. The Labute approximate surface area is 158 Å². The van der Waals surface area contributed by atoms with Crippen LogP contribution in [-0.2, 0) is 0 Å². The molecule has 1 aromatic carbocycles. The third-order valence-corrected chi connectivity index (χ3v) is 6.20. The maximum atomic E-state index is 5.54. The second-order valence-electron chi connectivity index (χ2n) is 6.45. The summed E-state index contributed by atoms with van der Waals surface area (Å²) in [7, 11) is 3.34. The molecule has 0 N–H and O–H groups in total. The summed E-state index contributed by atoms with van der Waals surface area (Å²) in [5, 5.41) is 1.13. The zero-order valence-corrected chi connectivity index (χ0v) is 16.1. The summed E-state index contributed by atoms with van der Waals surface area (Å²) >= 11 is 1.85. The first kappa shape index (κ1) is 17.2. The van der Waals surface area contributed by atoms with E-state index in [4.69, 9.17) is 14.5 Å². The number of methoxy groups -OCH3 is 2. The molecule has 0 unspecified atom stereocenters. The number of ether oxygens (including phenoxy) is 2. The first-order valence-electron chi connectivity index (χ1n) is 8.88. The minimum Gasteiger partial charge on any atom is -0.493 e. The van der Waals surface area contributed by atoms with Crippen molar-refractivity contribution < 1.29 is 9.47 Å². The Bertz CT molecular complexity index is 812. The molecule has 0 amide bonds. The molecular weight excluding hydrogens is 346 g/mol. The van der Waals surface area contributed by atoms with E-state index in [1.165, 1.54) is 5.56 Å². The molecule has 2 aromatic rings. The van der Waals surface area contributed by atoms with Gasteiger partial charge in [-0.25, -0.2) is 0 Å². The Morgan fingerprint density at radius 2 is 2.00 bits per heavy atom. The number of pyridine rings is 1. The Hall–Kier alpha value is -2.21. The molecular formula is C20H23N3O2S. The molecule has 26 heavy (non-hydrogen) atoms. The molecule has 2 aliphatic rings. The van der Waals surface area contributed by atoms with Crippen molar-refractivity contribution in [2.24, 2.45) is 4.99 Å². The van der Waals surface area contributed by atoms with Crippen molar-refractivity contribution in [3.63, 3.8) is 0 Å². The van der Waals surface area contributed by atoms with Crippen molar-refractivity contribution in [3.05, 3.63) is 53.9 Å². The summed E-state index contributed by atoms with van der Waals surface area (Å²) < 4.78 is 11.0. The molecule has 5 nitrogen and oxygen atoms in total. The second-order valence-corrected chi connectivity index (χ2v) is 7.44. The number of hydrogen-bond acceptors (Lipinski definition) is 6. The van der Waals surface area contributed by atoms with E-state index < -0.39 is 0 Å². The van der Waals surface area contributed by atoms with Crippen molar-refractivity contribution >= 4 is 16.9 Å². The summed E-state index contributed by atoms with van der Waals surface area (Å²) in [6.07, 6.45) is 2.94. The van der Waals surface area contributed by atoms with E-state index in [9.17, 15) is 0 Å². The lowest BCUT2D eigenvalue weighted by Crippen LogP contribution is -2.35. The van der Waals surface area contributed by atoms with Gasteiger partial charge in [-0.3, -0.25) is 9.98 Å². The highest BCUT2D eigenvalue weighted by Gasteiger charge is 2.45. The molecule has 3 heterocycles. The normalized spacial score (nSPS) is 24.3. The highest BCUT2D eigenvalue weighted by molar-refractivity contribution is 8.14. The Balaban J connectivity index is 1.79. The highest BCUT2D eigenvalue weighted by Crippen LogP contribution is 2.49. The quantitative estimate of drug-likeness (QED) is 0.795. The van der Waals surface area contributed by atoms with E-state index in [2.05, 4.69) is 35.0 Å². The van der Waals surface area contributed by atoms with Crippen molar-refractivity contribution in [2.75, 3.05) is 20.0 Å². The molecule has 3 atom stereocenters. The van der Waals surface area contributed by atoms with Crippen LogP contribution in [-0.4, -0.2) is 41.1 Å². The van der Waals surface area contributed by atoms with Gasteiger partial charge in [0, 0.05) is 18.0 Å². The van der Waals surface area contributed by atoms with E-state index in [0.717, 1.165) is 34.5 Å². The van der Waals surface area contributed by atoms with E-state index in [1.54, 1.807) is 14.2 Å². The second kappa shape index (κ2) is 7.19. The monoisotopic (exact) mass is 369 g/mol. The number of rotatable bonds is 5. The number of amidine groups is 1. The maximum Gasteiger partial charge on any atom is 0.161 e. The van der Waals surface area contributed by atoms with Gasteiger partial charge >= 0.3 is 0 Å². The summed E-state index contributed by atoms with van der Waals surface area (Å²) in [5.41, 5.74) is 2.18. The van der Waals surface area contributed by atoms with Crippen LogP contribution in [0.2, 0.25) is 0 Å². The first-order chi connectivity index (χ1) is 12.8. The Kier molecular flexibility index (Phi) is 4.76. The number of aliphatic imine (C=N–C) groups is 1. The molecule has 136 valence electrons. The number of thioether (sulfide) groups is 1. The average Bonchev–Trinajstić information content (AvgIpc) is 3.27. The Morgan fingerprint density at radius 3 is 2.69 bits per heavy atom. The molecule has 1 fully saturated rings. The Morgan fingerprint density at radius 1 is 1.15 bits per heavy atom. The molecule has 2 aliphatic heterocycles. The van der Waals surface area contributed by atoms with Gasteiger partial charge in [0.2, 0.25) is 0 Å². The van der Waals surface area contributed by atoms with Gasteiger partial charge in [0.05, 0.1) is 26.0 Å². The van der Waals surface area contributed by atoms with Crippen molar-refractivity contribution in [2.45, 2.75) is 31.5 Å². The molecule has 1 saturated heterocycles. The van der Waals surface area contributed by atoms with Crippen molar-refractivity contribution in [1.29, 1.82) is 0 Å². The predicted molar refractivity (Wildman–Crippen MR) is 105 cm³/mol. The molecule has 6 heteroatoms. The maximum absolute atomic E-state index is 5.54. The van der Waals surface area contributed by atoms with Gasteiger partial charge in [-0.05, 0) is 36.2 Å². The van der Waals surface area contributed by atoms with E-state index in [-0.39, 0.29) is 12.1 Å². The fourth-order valence-corrected chi connectivity index (χ4v) is 5.08. The fraction of sp³-hybridized carbons (Fsp3) is 0.400. The molecule has 0 saturated carbocycles. The summed E-state index contributed by atoms with van der Waals surface area (Å²) in [4.78, 5) is 12.1. The third-order valence-electron chi connectivity index (χ3n) is 5.08. The van der Waals surface area contributed by atoms with Gasteiger partial charge in [0.25, 0.3) is 0 Å². The number of benzene rings is 1. The van der Waals surface area contributed by atoms with Crippen LogP contribution in [0.4, 0.5) is 0 Å². The topological polar surface area (TPSA) is 47.0 Å². The lowest BCUT2D eigenvalue weighted by molar-refractivity contribution is 0.254. The number of nitrogens with zero attached hydrogens (tertiary/aromatic N) is 3. The van der Waals surface area contributed by atoms with Gasteiger partial charge < -0.3 is 14.4 Å².